The SMILES string of the molecule is COc1cccc(CC(=O)N2C[C@@H]3CN(C)CCO[C@@H]3C2)c1. The Morgan fingerprint density at radius 1 is 1.36 bits per heavy atom. The van der Waals surface area contributed by atoms with Crippen LogP contribution in [0.1, 0.15) is 5.56 Å². The molecule has 0 saturated carbocycles. The van der Waals surface area contributed by atoms with Gasteiger partial charge in [0.1, 0.15) is 5.75 Å². The molecule has 0 aliphatic carbocycles. The van der Waals surface area contributed by atoms with Crippen LogP contribution >= 0.6 is 0 Å². The third kappa shape index (κ3) is 3.42. The quantitative estimate of drug-likeness (QED) is 0.836. The number of amides is 1. The average molecular weight is 304 g/mol. The van der Waals surface area contributed by atoms with Crippen molar-refractivity contribution >= 4 is 5.91 Å². The highest BCUT2D eigenvalue weighted by molar-refractivity contribution is 5.79. The topological polar surface area (TPSA) is 42.0 Å². The Bertz CT molecular complexity index is 534. The van der Waals surface area contributed by atoms with Gasteiger partial charge < -0.3 is 19.3 Å². The third-order valence-corrected chi connectivity index (χ3v) is 4.57. The number of carbonyl (C=O) groups excluding carboxylic acids is 1. The molecule has 0 aromatic heterocycles. The van der Waals surface area contributed by atoms with Crippen LogP contribution in [0, 0.1) is 5.92 Å². The van der Waals surface area contributed by atoms with E-state index in [-0.39, 0.29) is 12.0 Å². The lowest BCUT2D eigenvalue weighted by Gasteiger charge is -2.19. The number of fused-ring (bicyclic) bond motifs is 1. The molecule has 0 radical (unpaired) electrons. The molecule has 2 heterocycles. The Labute approximate surface area is 131 Å². The highest BCUT2D eigenvalue weighted by atomic mass is 16.5. The maximum absolute atomic E-state index is 12.5. The lowest BCUT2D eigenvalue weighted by Crippen LogP contribution is -2.33. The van der Waals surface area contributed by atoms with Crippen LogP contribution < -0.4 is 4.74 Å². The normalized spacial score (nSPS) is 25.6. The van der Waals surface area contributed by atoms with Crippen molar-refractivity contribution in [3.8, 4) is 5.75 Å². The van der Waals surface area contributed by atoms with E-state index in [2.05, 4.69) is 11.9 Å². The van der Waals surface area contributed by atoms with Crippen LogP contribution in [0.15, 0.2) is 24.3 Å². The van der Waals surface area contributed by atoms with Crippen LogP contribution in [0.5, 0.6) is 5.75 Å². The van der Waals surface area contributed by atoms with Crippen LogP contribution in [-0.4, -0.2) is 68.8 Å². The Kier molecular flexibility index (Phi) is 4.64. The molecule has 2 aliphatic heterocycles. The minimum atomic E-state index is 0.174. The predicted octanol–water partition coefficient (Wildman–Crippen LogP) is 1.03. The molecule has 5 nitrogen and oxygen atoms in total. The number of likely N-dealkylation sites (tertiary alicyclic amines) is 1. The van der Waals surface area contributed by atoms with Gasteiger partial charge >= 0.3 is 0 Å². The first-order valence-electron chi connectivity index (χ1n) is 7.86. The van der Waals surface area contributed by atoms with Gasteiger partial charge in [-0.25, -0.2) is 0 Å². The zero-order chi connectivity index (χ0) is 15.5. The van der Waals surface area contributed by atoms with Crippen molar-refractivity contribution in [3.05, 3.63) is 29.8 Å². The van der Waals surface area contributed by atoms with Gasteiger partial charge in [0.05, 0.1) is 26.2 Å². The molecule has 0 bridgehead atoms. The smallest absolute Gasteiger partial charge is 0.227 e. The Hall–Kier alpha value is -1.59. The summed E-state index contributed by atoms with van der Waals surface area (Å²) in [7, 11) is 3.76. The van der Waals surface area contributed by atoms with Gasteiger partial charge in [-0.2, -0.15) is 0 Å². The van der Waals surface area contributed by atoms with Crippen LogP contribution in [0.2, 0.25) is 0 Å². The molecule has 2 atom stereocenters. The molecule has 0 spiro atoms. The summed E-state index contributed by atoms with van der Waals surface area (Å²) in [6.45, 7) is 4.27. The number of nitrogens with zero attached hydrogens (tertiary/aromatic N) is 2. The molecule has 2 aliphatic rings. The van der Waals surface area contributed by atoms with Gasteiger partial charge in [0.2, 0.25) is 5.91 Å². The third-order valence-electron chi connectivity index (χ3n) is 4.57. The van der Waals surface area contributed by atoms with Crippen molar-refractivity contribution in [2.45, 2.75) is 12.5 Å². The van der Waals surface area contributed by atoms with E-state index >= 15 is 0 Å². The molecule has 1 aromatic rings. The summed E-state index contributed by atoms with van der Waals surface area (Å²) in [6.07, 6.45) is 0.617. The van der Waals surface area contributed by atoms with E-state index in [0.717, 1.165) is 44.1 Å². The van der Waals surface area contributed by atoms with E-state index in [1.165, 1.54) is 0 Å². The molecule has 1 aromatic carbocycles. The largest absolute Gasteiger partial charge is 0.497 e. The van der Waals surface area contributed by atoms with Crippen molar-refractivity contribution in [2.75, 3.05) is 46.9 Å². The summed E-state index contributed by atoms with van der Waals surface area (Å²) in [5.41, 5.74) is 0.995. The number of methoxy groups -OCH3 is 1. The van der Waals surface area contributed by atoms with E-state index in [9.17, 15) is 4.79 Å². The minimum absolute atomic E-state index is 0.174. The molecule has 2 fully saturated rings. The van der Waals surface area contributed by atoms with Crippen molar-refractivity contribution in [2.24, 2.45) is 5.92 Å². The second kappa shape index (κ2) is 6.67. The maximum atomic E-state index is 12.5. The van der Waals surface area contributed by atoms with Crippen molar-refractivity contribution < 1.29 is 14.3 Å². The Morgan fingerprint density at radius 3 is 3.05 bits per heavy atom. The van der Waals surface area contributed by atoms with Gasteiger partial charge in [0, 0.05) is 32.1 Å². The van der Waals surface area contributed by atoms with Crippen LogP contribution in [0.25, 0.3) is 0 Å². The highest BCUT2D eigenvalue weighted by Crippen LogP contribution is 2.24. The second-order valence-corrected chi connectivity index (χ2v) is 6.26. The first-order chi connectivity index (χ1) is 10.7. The minimum Gasteiger partial charge on any atom is -0.497 e. The number of rotatable bonds is 3. The first-order valence-corrected chi connectivity index (χ1v) is 7.86. The van der Waals surface area contributed by atoms with Gasteiger partial charge in [0.15, 0.2) is 0 Å². The average Bonchev–Trinajstić information content (AvgIpc) is 2.82. The molecule has 0 N–H and O–H groups in total. The zero-order valence-corrected chi connectivity index (χ0v) is 13.3. The summed E-state index contributed by atoms with van der Waals surface area (Å²) in [4.78, 5) is 16.8. The summed E-state index contributed by atoms with van der Waals surface area (Å²) in [6, 6.07) is 7.72. The fourth-order valence-electron chi connectivity index (χ4n) is 3.33. The van der Waals surface area contributed by atoms with Crippen molar-refractivity contribution in [1.82, 2.24) is 9.80 Å². The van der Waals surface area contributed by atoms with Gasteiger partial charge in [-0.05, 0) is 24.7 Å². The number of likely N-dealkylation sites (N-methyl/N-ethyl adjacent to an activating group) is 1. The summed E-state index contributed by atoms with van der Waals surface area (Å²) in [5.74, 6) is 1.40. The van der Waals surface area contributed by atoms with Crippen molar-refractivity contribution in [3.63, 3.8) is 0 Å². The van der Waals surface area contributed by atoms with Crippen LogP contribution in [-0.2, 0) is 16.0 Å². The van der Waals surface area contributed by atoms with Gasteiger partial charge in [-0.3, -0.25) is 4.79 Å². The fraction of sp³-hybridized carbons (Fsp3) is 0.588. The van der Waals surface area contributed by atoms with E-state index < -0.39 is 0 Å². The van der Waals surface area contributed by atoms with Crippen molar-refractivity contribution in [1.29, 1.82) is 0 Å². The molecule has 0 unspecified atom stereocenters. The molecule has 22 heavy (non-hydrogen) atoms. The van der Waals surface area contributed by atoms with Crippen LogP contribution in [0.3, 0.4) is 0 Å². The van der Waals surface area contributed by atoms with Gasteiger partial charge in [-0.15, -0.1) is 0 Å². The Balaban J connectivity index is 1.61. The first kappa shape index (κ1) is 15.3. The summed E-state index contributed by atoms with van der Waals surface area (Å²) < 4.78 is 11.1. The van der Waals surface area contributed by atoms with E-state index in [1.807, 2.05) is 29.2 Å². The van der Waals surface area contributed by atoms with E-state index in [4.69, 9.17) is 9.47 Å². The Morgan fingerprint density at radius 2 is 2.23 bits per heavy atom. The molecule has 3 rings (SSSR count). The zero-order valence-electron chi connectivity index (χ0n) is 13.3. The number of benzene rings is 1. The predicted molar refractivity (Wildman–Crippen MR) is 84.0 cm³/mol. The molecule has 1 amide bonds. The second-order valence-electron chi connectivity index (χ2n) is 6.26. The van der Waals surface area contributed by atoms with E-state index in [1.54, 1.807) is 7.11 Å². The molecular formula is C17H24N2O3. The lowest BCUT2D eigenvalue weighted by atomic mass is 10.1. The molecule has 120 valence electrons. The molecular weight excluding hydrogens is 280 g/mol. The maximum Gasteiger partial charge on any atom is 0.227 e. The fourth-order valence-corrected chi connectivity index (χ4v) is 3.33. The molecule has 2 saturated heterocycles. The summed E-state index contributed by atoms with van der Waals surface area (Å²) >= 11 is 0. The number of ether oxygens (including phenoxy) is 2. The van der Waals surface area contributed by atoms with E-state index in [0.29, 0.717) is 12.3 Å². The standard InChI is InChI=1S/C17H24N2O3/c1-18-6-7-22-16-12-19(11-14(16)10-18)17(20)9-13-4-3-5-15(8-13)21-2/h3-5,8,14,16H,6-7,9-12H2,1-2H3/t14-,16+/m0/s1. The number of hydrogen-bond acceptors (Lipinski definition) is 4. The monoisotopic (exact) mass is 304 g/mol. The highest BCUT2D eigenvalue weighted by Gasteiger charge is 2.37. The van der Waals surface area contributed by atoms with Gasteiger partial charge in [-0.1, -0.05) is 12.1 Å². The van der Waals surface area contributed by atoms with Crippen LogP contribution in [0.4, 0.5) is 0 Å². The number of carbonyl (C=O) groups is 1. The molecule has 5 heteroatoms. The number of hydrogen-bond donors (Lipinski definition) is 0. The summed E-state index contributed by atoms with van der Waals surface area (Å²) in [5, 5.41) is 0. The van der Waals surface area contributed by atoms with Gasteiger partial charge in [0.25, 0.3) is 0 Å². The lowest BCUT2D eigenvalue weighted by molar-refractivity contribution is -0.130.